The summed E-state index contributed by atoms with van der Waals surface area (Å²) in [6.45, 7) is 2.46. The fourth-order valence-corrected chi connectivity index (χ4v) is 3.40. The molecule has 1 fully saturated rings. The fourth-order valence-electron chi connectivity index (χ4n) is 3.40. The van der Waals surface area contributed by atoms with Gasteiger partial charge in [-0.25, -0.2) is 0 Å². The van der Waals surface area contributed by atoms with E-state index in [-0.39, 0.29) is 17.9 Å². The minimum Gasteiger partial charge on any atom is -0.490 e. The lowest BCUT2D eigenvalue weighted by Gasteiger charge is -2.21. The summed E-state index contributed by atoms with van der Waals surface area (Å²) in [4.78, 5) is 19.4. The Morgan fingerprint density at radius 2 is 2.00 bits per heavy atom. The average molecular weight is 401 g/mol. The van der Waals surface area contributed by atoms with Crippen LogP contribution < -0.4 is 10.1 Å². The molecule has 5 nitrogen and oxygen atoms in total. The summed E-state index contributed by atoms with van der Waals surface area (Å²) < 4.78 is 44.5. The molecule has 3 aromatic rings. The number of pyridine rings is 2. The maximum atomic E-state index is 12.8. The lowest BCUT2D eigenvalue weighted by Crippen LogP contribution is -2.25. The molecule has 1 amide bonds. The number of alkyl halides is 3. The number of hydrogen-bond donors (Lipinski definition) is 1. The van der Waals surface area contributed by atoms with Gasteiger partial charge in [-0.2, -0.15) is 13.2 Å². The minimum absolute atomic E-state index is 0.00144. The van der Waals surface area contributed by atoms with Crippen LogP contribution >= 0.6 is 0 Å². The van der Waals surface area contributed by atoms with Gasteiger partial charge in [0.1, 0.15) is 17.5 Å². The standard InChI is InChI=1S/C21H18F3N3O2/c1-12(15-9-20(28)27-11-15)29-18-8-14(7-17-16(18)3-2-6-25-17)13-4-5-19(26-10-13)21(22,23)24/h2-8,10,12,15H,9,11H2,1H3,(H,27,28)/t12-,15+/m1/s1. The van der Waals surface area contributed by atoms with Gasteiger partial charge in [0.25, 0.3) is 0 Å². The number of benzene rings is 1. The summed E-state index contributed by atoms with van der Waals surface area (Å²) in [7, 11) is 0. The number of nitrogens with one attached hydrogen (secondary N) is 1. The second-order valence-corrected chi connectivity index (χ2v) is 7.07. The van der Waals surface area contributed by atoms with E-state index in [9.17, 15) is 18.0 Å². The van der Waals surface area contributed by atoms with Crippen molar-refractivity contribution in [2.24, 2.45) is 5.92 Å². The van der Waals surface area contributed by atoms with E-state index in [0.29, 0.717) is 35.4 Å². The van der Waals surface area contributed by atoms with Crippen molar-refractivity contribution in [1.29, 1.82) is 0 Å². The molecule has 0 bridgehead atoms. The van der Waals surface area contributed by atoms with Crippen LogP contribution in [0.5, 0.6) is 5.75 Å². The molecule has 1 aliphatic rings. The van der Waals surface area contributed by atoms with Gasteiger partial charge in [0.2, 0.25) is 5.91 Å². The minimum atomic E-state index is -4.49. The summed E-state index contributed by atoms with van der Waals surface area (Å²) in [5.41, 5.74) is 0.900. The number of halogens is 3. The second-order valence-electron chi connectivity index (χ2n) is 7.07. The van der Waals surface area contributed by atoms with Crippen molar-refractivity contribution in [2.75, 3.05) is 6.54 Å². The van der Waals surface area contributed by atoms with Gasteiger partial charge in [0.15, 0.2) is 0 Å². The zero-order valence-corrected chi connectivity index (χ0v) is 15.5. The lowest BCUT2D eigenvalue weighted by molar-refractivity contribution is -0.141. The summed E-state index contributed by atoms with van der Waals surface area (Å²) in [6, 6.07) is 9.56. The van der Waals surface area contributed by atoms with Crippen LogP contribution in [0.2, 0.25) is 0 Å². The molecule has 0 spiro atoms. The van der Waals surface area contributed by atoms with Crippen molar-refractivity contribution in [3.63, 3.8) is 0 Å². The van der Waals surface area contributed by atoms with Crippen molar-refractivity contribution >= 4 is 16.8 Å². The number of amides is 1. The highest BCUT2D eigenvalue weighted by atomic mass is 19.4. The van der Waals surface area contributed by atoms with Gasteiger partial charge in [-0.3, -0.25) is 14.8 Å². The molecule has 29 heavy (non-hydrogen) atoms. The second kappa shape index (κ2) is 7.35. The fraction of sp³-hybridized carbons (Fsp3) is 0.286. The molecule has 0 aliphatic carbocycles. The Labute approximate surface area is 164 Å². The first-order valence-corrected chi connectivity index (χ1v) is 9.17. The topological polar surface area (TPSA) is 64.1 Å². The summed E-state index contributed by atoms with van der Waals surface area (Å²) in [5, 5.41) is 3.59. The van der Waals surface area contributed by atoms with Gasteiger partial charge >= 0.3 is 6.18 Å². The number of hydrogen-bond acceptors (Lipinski definition) is 4. The Hall–Kier alpha value is -3.16. The van der Waals surface area contributed by atoms with Crippen LogP contribution in [0.15, 0.2) is 48.8 Å². The highest BCUT2D eigenvalue weighted by molar-refractivity contribution is 5.90. The third kappa shape index (κ3) is 4.01. The van der Waals surface area contributed by atoms with Crippen molar-refractivity contribution in [3.05, 3.63) is 54.5 Å². The molecule has 1 N–H and O–H groups in total. The van der Waals surface area contributed by atoms with Crippen molar-refractivity contribution < 1.29 is 22.7 Å². The Bertz CT molecular complexity index is 1050. The van der Waals surface area contributed by atoms with Crippen LogP contribution in [0, 0.1) is 5.92 Å². The molecule has 2 aromatic heterocycles. The van der Waals surface area contributed by atoms with Gasteiger partial charge < -0.3 is 10.1 Å². The number of carbonyl (C=O) groups excluding carboxylic acids is 1. The molecular weight excluding hydrogens is 383 g/mol. The van der Waals surface area contributed by atoms with E-state index < -0.39 is 11.9 Å². The molecule has 4 rings (SSSR count). The number of ether oxygens (including phenoxy) is 1. The normalized spacial score (nSPS) is 17.9. The van der Waals surface area contributed by atoms with E-state index in [1.807, 2.05) is 13.0 Å². The van der Waals surface area contributed by atoms with Crippen LogP contribution in [0.3, 0.4) is 0 Å². The number of carbonyl (C=O) groups is 1. The third-order valence-electron chi connectivity index (χ3n) is 5.06. The summed E-state index contributed by atoms with van der Waals surface area (Å²) >= 11 is 0. The first-order valence-electron chi connectivity index (χ1n) is 9.17. The molecule has 2 atom stereocenters. The zero-order valence-electron chi connectivity index (χ0n) is 15.5. The van der Waals surface area contributed by atoms with E-state index in [1.165, 1.54) is 12.3 Å². The molecule has 3 heterocycles. The van der Waals surface area contributed by atoms with E-state index >= 15 is 0 Å². The SMILES string of the molecule is C[C@@H](Oc1cc(-c2ccc(C(F)(F)F)nc2)cc2ncccc12)[C@@H]1CNC(=O)C1. The van der Waals surface area contributed by atoms with Crippen molar-refractivity contribution in [3.8, 4) is 16.9 Å². The molecule has 0 saturated carbocycles. The molecule has 8 heteroatoms. The van der Waals surface area contributed by atoms with Crippen LogP contribution in [0.4, 0.5) is 13.2 Å². The van der Waals surface area contributed by atoms with Crippen LogP contribution in [-0.4, -0.2) is 28.5 Å². The van der Waals surface area contributed by atoms with E-state index in [4.69, 9.17) is 4.74 Å². The predicted octanol–water partition coefficient (Wildman–Crippen LogP) is 4.22. The van der Waals surface area contributed by atoms with Crippen LogP contribution in [0.1, 0.15) is 19.0 Å². The summed E-state index contributed by atoms with van der Waals surface area (Å²) in [6.07, 6.45) is -1.47. The molecule has 1 aromatic carbocycles. The maximum Gasteiger partial charge on any atom is 0.433 e. The van der Waals surface area contributed by atoms with Crippen LogP contribution in [0.25, 0.3) is 22.0 Å². The van der Waals surface area contributed by atoms with Gasteiger partial charge in [0, 0.05) is 42.2 Å². The predicted molar refractivity (Wildman–Crippen MR) is 101 cm³/mol. The monoisotopic (exact) mass is 401 g/mol. The maximum absolute atomic E-state index is 12.8. The van der Waals surface area contributed by atoms with E-state index in [2.05, 4.69) is 15.3 Å². The van der Waals surface area contributed by atoms with Crippen LogP contribution in [-0.2, 0) is 11.0 Å². The smallest absolute Gasteiger partial charge is 0.433 e. The quantitative estimate of drug-likeness (QED) is 0.711. The van der Waals surface area contributed by atoms with Crippen molar-refractivity contribution in [1.82, 2.24) is 15.3 Å². The van der Waals surface area contributed by atoms with E-state index in [0.717, 1.165) is 11.5 Å². The molecule has 0 unspecified atom stereocenters. The average Bonchev–Trinajstić information content (AvgIpc) is 3.14. The molecule has 1 saturated heterocycles. The summed E-state index contributed by atoms with van der Waals surface area (Å²) in [5.74, 6) is 0.615. The molecular formula is C21H18F3N3O2. The third-order valence-corrected chi connectivity index (χ3v) is 5.06. The Morgan fingerprint density at radius 3 is 2.66 bits per heavy atom. The van der Waals surface area contributed by atoms with Gasteiger partial charge in [-0.05, 0) is 42.8 Å². The van der Waals surface area contributed by atoms with E-state index in [1.54, 1.807) is 24.4 Å². The lowest BCUT2D eigenvalue weighted by atomic mass is 10.0. The van der Waals surface area contributed by atoms with Gasteiger partial charge in [0.05, 0.1) is 5.52 Å². The Kier molecular flexibility index (Phi) is 4.86. The number of fused-ring (bicyclic) bond motifs is 1. The van der Waals surface area contributed by atoms with Gasteiger partial charge in [-0.1, -0.05) is 6.07 Å². The first kappa shape index (κ1) is 19.2. The Balaban J connectivity index is 1.70. The molecule has 1 aliphatic heterocycles. The highest BCUT2D eigenvalue weighted by Gasteiger charge is 2.32. The molecule has 0 radical (unpaired) electrons. The molecule has 150 valence electrons. The van der Waals surface area contributed by atoms with Gasteiger partial charge in [-0.15, -0.1) is 0 Å². The zero-order chi connectivity index (χ0) is 20.6. The number of nitrogens with zero attached hydrogens (tertiary/aromatic N) is 2. The first-order chi connectivity index (χ1) is 13.8. The number of rotatable bonds is 4. The van der Waals surface area contributed by atoms with Crippen molar-refractivity contribution in [2.45, 2.75) is 25.6 Å². The Morgan fingerprint density at radius 1 is 1.17 bits per heavy atom. The highest BCUT2D eigenvalue weighted by Crippen LogP contribution is 2.34. The largest absolute Gasteiger partial charge is 0.490 e. The number of aromatic nitrogens is 2.